The number of hydrogen-bond donors (Lipinski definition) is 0. The van der Waals surface area contributed by atoms with Crippen molar-refractivity contribution < 1.29 is 4.79 Å². The Hall–Kier alpha value is -4.00. The fourth-order valence-corrected chi connectivity index (χ4v) is 3.19. The first kappa shape index (κ1) is 19.3. The largest absolute Gasteiger partial charge is 0.347 e. The summed E-state index contributed by atoms with van der Waals surface area (Å²) in [4.78, 5) is 29.8. The smallest absolute Gasteiger partial charge is 0.340 e. The maximum atomic E-state index is 12.7. The van der Waals surface area contributed by atoms with Crippen molar-refractivity contribution in [2.45, 2.75) is 13.1 Å². The van der Waals surface area contributed by atoms with Crippen LogP contribution in [-0.2, 0) is 17.9 Å². The first-order valence-corrected chi connectivity index (χ1v) is 9.56. The van der Waals surface area contributed by atoms with Crippen LogP contribution in [0.4, 0.5) is 0 Å². The normalized spacial score (nSPS) is 10.7. The molecule has 150 valence electrons. The minimum atomic E-state index is -0.443. The molecule has 0 aliphatic heterocycles. The molecule has 0 spiro atoms. The van der Waals surface area contributed by atoms with E-state index in [4.69, 9.17) is 5.10 Å². The molecule has 2 aromatic carbocycles. The van der Waals surface area contributed by atoms with Crippen molar-refractivity contribution in [3.05, 3.63) is 101 Å². The molecular weight excluding hydrogens is 378 g/mol. The summed E-state index contributed by atoms with van der Waals surface area (Å²) in [6, 6.07) is 21.3. The summed E-state index contributed by atoms with van der Waals surface area (Å²) in [6.07, 6.45) is 4.92. The maximum absolute atomic E-state index is 12.7. The fraction of sp³-hybridized carbons (Fsp3) is 0.130. The molecule has 0 saturated carbocycles. The molecule has 0 saturated heterocycles. The minimum Gasteiger partial charge on any atom is -0.340 e. The first-order chi connectivity index (χ1) is 14.6. The van der Waals surface area contributed by atoms with Crippen molar-refractivity contribution in [1.82, 2.24) is 24.2 Å². The van der Waals surface area contributed by atoms with Crippen molar-refractivity contribution in [3.8, 4) is 16.9 Å². The van der Waals surface area contributed by atoms with Crippen molar-refractivity contribution >= 4 is 5.91 Å². The molecule has 2 heterocycles. The Bertz CT molecular complexity index is 1200. The van der Waals surface area contributed by atoms with E-state index in [1.807, 2.05) is 71.5 Å². The van der Waals surface area contributed by atoms with E-state index in [0.717, 1.165) is 22.5 Å². The van der Waals surface area contributed by atoms with Crippen LogP contribution >= 0.6 is 0 Å². The summed E-state index contributed by atoms with van der Waals surface area (Å²) in [5.41, 5.74) is 3.21. The minimum absolute atomic E-state index is 0.0589. The molecule has 0 atom stereocenters. The Morgan fingerprint density at radius 2 is 1.70 bits per heavy atom. The number of aromatic nitrogens is 4. The standard InChI is InChI=1S/C23H21N5O2/c1-26(21(29)17-27-14-8-13-24-23(27)30)15-19-16-28(20-11-6-3-7-12-20)25-22(19)18-9-4-2-5-10-18/h2-14,16H,15,17H2,1H3. The van der Waals surface area contributed by atoms with E-state index >= 15 is 0 Å². The molecule has 0 fully saturated rings. The number of likely N-dealkylation sites (N-methyl/N-ethyl adjacent to an activating group) is 1. The van der Waals surface area contributed by atoms with Crippen molar-refractivity contribution in [2.24, 2.45) is 0 Å². The Morgan fingerprint density at radius 3 is 2.40 bits per heavy atom. The average molecular weight is 399 g/mol. The van der Waals surface area contributed by atoms with E-state index in [1.54, 1.807) is 24.2 Å². The number of rotatable bonds is 6. The van der Waals surface area contributed by atoms with Gasteiger partial charge in [0.1, 0.15) is 6.54 Å². The summed E-state index contributed by atoms with van der Waals surface area (Å²) < 4.78 is 3.12. The molecule has 2 aromatic heterocycles. The average Bonchev–Trinajstić information content (AvgIpc) is 3.20. The molecule has 7 nitrogen and oxygen atoms in total. The highest BCUT2D eigenvalue weighted by atomic mass is 16.2. The van der Waals surface area contributed by atoms with Crippen LogP contribution < -0.4 is 5.69 Å². The van der Waals surface area contributed by atoms with E-state index in [9.17, 15) is 9.59 Å². The third kappa shape index (κ3) is 4.20. The van der Waals surface area contributed by atoms with Crippen LogP contribution in [0.2, 0.25) is 0 Å². The first-order valence-electron chi connectivity index (χ1n) is 9.56. The van der Waals surface area contributed by atoms with Crippen LogP contribution in [-0.4, -0.2) is 37.2 Å². The van der Waals surface area contributed by atoms with E-state index in [1.165, 1.54) is 10.8 Å². The van der Waals surface area contributed by atoms with Gasteiger partial charge in [-0.1, -0.05) is 48.5 Å². The second kappa shape index (κ2) is 8.57. The van der Waals surface area contributed by atoms with Gasteiger partial charge in [0.05, 0.1) is 11.4 Å². The highest BCUT2D eigenvalue weighted by molar-refractivity contribution is 5.76. The topological polar surface area (TPSA) is 73.0 Å². The third-order valence-electron chi connectivity index (χ3n) is 4.78. The Balaban J connectivity index is 1.62. The summed E-state index contributed by atoms with van der Waals surface area (Å²) >= 11 is 0. The van der Waals surface area contributed by atoms with E-state index in [2.05, 4.69) is 4.98 Å². The zero-order valence-electron chi connectivity index (χ0n) is 16.5. The predicted octanol–water partition coefficient (Wildman–Crippen LogP) is 2.75. The molecule has 0 radical (unpaired) electrons. The van der Waals surface area contributed by atoms with Gasteiger partial charge in [-0.05, 0) is 18.2 Å². The van der Waals surface area contributed by atoms with Gasteiger partial charge in [0.15, 0.2) is 0 Å². The number of carbonyl (C=O) groups is 1. The highest BCUT2D eigenvalue weighted by Gasteiger charge is 2.17. The van der Waals surface area contributed by atoms with Crippen molar-refractivity contribution in [1.29, 1.82) is 0 Å². The van der Waals surface area contributed by atoms with E-state index < -0.39 is 5.69 Å². The monoisotopic (exact) mass is 399 g/mol. The number of nitrogens with zero attached hydrogens (tertiary/aromatic N) is 5. The predicted molar refractivity (Wildman–Crippen MR) is 114 cm³/mol. The Labute approximate surface area is 173 Å². The lowest BCUT2D eigenvalue weighted by molar-refractivity contribution is -0.131. The molecule has 0 bridgehead atoms. The number of amides is 1. The fourth-order valence-electron chi connectivity index (χ4n) is 3.19. The number of benzene rings is 2. The lowest BCUT2D eigenvalue weighted by atomic mass is 10.1. The zero-order valence-corrected chi connectivity index (χ0v) is 16.5. The van der Waals surface area contributed by atoms with Crippen molar-refractivity contribution in [2.75, 3.05) is 7.05 Å². The lowest BCUT2D eigenvalue weighted by Gasteiger charge is -2.17. The van der Waals surface area contributed by atoms with E-state index in [0.29, 0.717) is 6.54 Å². The molecule has 1 amide bonds. The molecule has 30 heavy (non-hydrogen) atoms. The molecule has 4 rings (SSSR count). The Morgan fingerprint density at radius 1 is 1.00 bits per heavy atom. The van der Waals surface area contributed by atoms with Crippen LogP contribution in [0.1, 0.15) is 5.56 Å². The van der Waals surface area contributed by atoms with Gasteiger partial charge in [0.25, 0.3) is 0 Å². The van der Waals surface area contributed by atoms with Crippen LogP contribution in [0.5, 0.6) is 0 Å². The molecule has 0 aliphatic carbocycles. The van der Waals surface area contributed by atoms with Gasteiger partial charge in [-0.25, -0.2) is 14.5 Å². The molecule has 7 heteroatoms. The quantitative estimate of drug-likeness (QED) is 0.500. The molecule has 0 N–H and O–H groups in total. The van der Waals surface area contributed by atoms with Gasteiger partial charge in [-0.15, -0.1) is 0 Å². The second-order valence-corrected chi connectivity index (χ2v) is 6.93. The van der Waals surface area contributed by atoms with Gasteiger partial charge in [0, 0.05) is 43.3 Å². The van der Waals surface area contributed by atoms with Crippen LogP contribution in [0, 0.1) is 0 Å². The third-order valence-corrected chi connectivity index (χ3v) is 4.78. The van der Waals surface area contributed by atoms with Gasteiger partial charge in [0.2, 0.25) is 5.91 Å². The zero-order chi connectivity index (χ0) is 20.9. The Kier molecular flexibility index (Phi) is 5.52. The lowest BCUT2D eigenvalue weighted by Crippen LogP contribution is -2.34. The second-order valence-electron chi connectivity index (χ2n) is 6.93. The number of hydrogen-bond acceptors (Lipinski definition) is 4. The number of para-hydroxylation sites is 1. The van der Waals surface area contributed by atoms with Crippen molar-refractivity contribution in [3.63, 3.8) is 0 Å². The summed E-state index contributed by atoms with van der Waals surface area (Å²) in [5.74, 6) is -0.184. The van der Waals surface area contributed by atoms with Crippen LogP contribution in [0.3, 0.4) is 0 Å². The SMILES string of the molecule is CN(Cc1cn(-c2ccccc2)nc1-c1ccccc1)C(=O)Cn1cccnc1=O. The summed E-state index contributed by atoms with van der Waals surface area (Å²) in [5, 5.41) is 4.77. The maximum Gasteiger partial charge on any atom is 0.347 e. The molecule has 4 aromatic rings. The summed E-state index contributed by atoms with van der Waals surface area (Å²) in [7, 11) is 1.72. The van der Waals surface area contributed by atoms with Crippen LogP contribution in [0.25, 0.3) is 16.9 Å². The van der Waals surface area contributed by atoms with Gasteiger partial charge < -0.3 is 4.90 Å². The molecular formula is C23H21N5O2. The molecule has 0 unspecified atom stereocenters. The van der Waals surface area contributed by atoms with Gasteiger partial charge in [-0.3, -0.25) is 9.36 Å². The number of carbonyl (C=O) groups excluding carboxylic acids is 1. The highest BCUT2D eigenvalue weighted by Crippen LogP contribution is 2.24. The molecule has 0 aliphatic rings. The van der Waals surface area contributed by atoms with E-state index in [-0.39, 0.29) is 12.5 Å². The summed E-state index contributed by atoms with van der Waals surface area (Å²) in [6.45, 7) is 0.307. The van der Waals surface area contributed by atoms with Gasteiger partial charge in [-0.2, -0.15) is 5.10 Å². The van der Waals surface area contributed by atoms with Crippen LogP contribution in [0.15, 0.2) is 90.1 Å². The van der Waals surface area contributed by atoms with Gasteiger partial charge >= 0.3 is 5.69 Å².